The van der Waals surface area contributed by atoms with Crippen LogP contribution in [0.25, 0.3) is 0 Å². The normalized spacial score (nSPS) is 23.2. The molecule has 2 N–H and O–H groups in total. The lowest BCUT2D eigenvalue weighted by Crippen LogP contribution is -2.55. The third-order valence-corrected chi connectivity index (χ3v) is 5.85. The van der Waals surface area contributed by atoms with Gasteiger partial charge in [-0.2, -0.15) is 0 Å². The molecule has 2 heterocycles. The van der Waals surface area contributed by atoms with Crippen LogP contribution in [0, 0.1) is 5.82 Å². The third-order valence-electron chi connectivity index (χ3n) is 5.85. The molecule has 0 aliphatic carbocycles. The van der Waals surface area contributed by atoms with E-state index in [4.69, 9.17) is 14.5 Å². The van der Waals surface area contributed by atoms with Crippen molar-refractivity contribution in [2.75, 3.05) is 13.7 Å². The van der Waals surface area contributed by atoms with Crippen LogP contribution in [0.3, 0.4) is 0 Å². The highest BCUT2D eigenvalue weighted by molar-refractivity contribution is 5.80. The van der Waals surface area contributed by atoms with Crippen LogP contribution in [0.4, 0.5) is 9.18 Å². The smallest absolute Gasteiger partial charge is 0.410 e. The largest absolute Gasteiger partial charge is 0.444 e. The van der Waals surface area contributed by atoms with Gasteiger partial charge in [0.05, 0.1) is 13.2 Å². The Hall–Kier alpha value is -2.35. The van der Waals surface area contributed by atoms with Crippen LogP contribution < -0.4 is 10.6 Å². The number of amides is 1. The van der Waals surface area contributed by atoms with E-state index in [1.807, 2.05) is 32.6 Å². The number of ether oxygens (including phenoxy) is 2. The average Bonchev–Trinajstić information content (AvgIpc) is 2.98. The van der Waals surface area contributed by atoms with E-state index in [0.717, 1.165) is 43.8 Å². The number of halogens is 1. The highest BCUT2D eigenvalue weighted by atomic mass is 19.1. The summed E-state index contributed by atoms with van der Waals surface area (Å²) in [4.78, 5) is 19.3. The number of nitrogens with zero attached hydrogens (tertiary/aromatic N) is 2. The molecule has 2 saturated heterocycles. The van der Waals surface area contributed by atoms with Crippen molar-refractivity contribution >= 4 is 12.1 Å². The molecular weight excluding hydrogens is 411 g/mol. The van der Waals surface area contributed by atoms with Crippen molar-refractivity contribution in [1.29, 1.82) is 0 Å². The van der Waals surface area contributed by atoms with Crippen LogP contribution in [0.5, 0.6) is 0 Å². The molecule has 7 nitrogen and oxygen atoms in total. The second kappa shape index (κ2) is 10.5. The Balaban J connectivity index is 1.62. The molecule has 0 spiro atoms. The summed E-state index contributed by atoms with van der Waals surface area (Å²) in [5.41, 5.74) is 0.972. The first-order chi connectivity index (χ1) is 15.2. The van der Waals surface area contributed by atoms with E-state index in [2.05, 4.69) is 10.6 Å². The van der Waals surface area contributed by atoms with Gasteiger partial charge < -0.3 is 25.0 Å². The minimum absolute atomic E-state index is 0.192. The van der Waals surface area contributed by atoms with E-state index in [1.54, 1.807) is 19.2 Å². The molecule has 2 unspecified atom stereocenters. The predicted octanol–water partition coefficient (Wildman–Crippen LogP) is 3.96. The number of benzene rings is 1. The van der Waals surface area contributed by atoms with E-state index < -0.39 is 5.60 Å². The van der Waals surface area contributed by atoms with Gasteiger partial charge in [-0.3, -0.25) is 0 Å². The maximum absolute atomic E-state index is 13.9. The van der Waals surface area contributed by atoms with Gasteiger partial charge in [-0.25, -0.2) is 14.2 Å². The molecule has 2 fully saturated rings. The molecule has 0 saturated carbocycles. The summed E-state index contributed by atoms with van der Waals surface area (Å²) >= 11 is 0. The number of guanidine groups is 1. The number of fused-ring (bicyclic) bond motifs is 2. The second-order valence-electron chi connectivity index (χ2n) is 9.64. The summed E-state index contributed by atoms with van der Waals surface area (Å²) in [5, 5.41) is 6.85. The van der Waals surface area contributed by atoms with E-state index in [-0.39, 0.29) is 36.6 Å². The third kappa shape index (κ3) is 6.34. The number of carbonyl (C=O) groups is 1. The molecule has 178 valence electrons. The Morgan fingerprint density at radius 1 is 1.25 bits per heavy atom. The fourth-order valence-electron chi connectivity index (χ4n) is 4.58. The fourth-order valence-corrected chi connectivity index (χ4v) is 4.58. The van der Waals surface area contributed by atoms with Crippen molar-refractivity contribution in [3.8, 4) is 0 Å². The van der Waals surface area contributed by atoms with Gasteiger partial charge in [-0.15, -0.1) is 0 Å². The molecule has 1 aromatic rings. The second-order valence-corrected chi connectivity index (χ2v) is 9.64. The number of methoxy groups -OCH3 is 1. The van der Waals surface area contributed by atoms with Crippen LogP contribution in [-0.4, -0.2) is 54.3 Å². The molecule has 1 aromatic carbocycles. The first-order valence-electron chi connectivity index (χ1n) is 11.5. The molecule has 8 heteroatoms. The molecule has 2 aliphatic rings. The van der Waals surface area contributed by atoms with E-state index >= 15 is 0 Å². The number of hydrogen-bond donors (Lipinski definition) is 2. The van der Waals surface area contributed by atoms with Gasteiger partial charge in [0.15, 0.2) is 5.96 Å². The molecular formula is C24H37FN4O3. The predicted molar refractivity (Wildman–Crippen MR) is 123 cm³/mol. The first-order valence-corrected chi connectivity index (χ1v) is 11.5. The summed E-state index contributed by atoms with van der Waals surface area (Å²) in [5.74, 6) is 0.470. The van der Waals surface area contributed by atoms with Crippen molar-refractivity contribution in [2.45, 2.75) is 90.3 Å². The van der Waals surface area contributed by atoms with Crippen LogP contribution in [-0.2, 0) is 22.6 Å². The molecule has 32 heavy (non-hydrogen) atoms. The molecule has 2 bridgehead atoms. The lowest BCUT2D eigenvalue weighted by Gasteiger charge is -2.40. The van der Waals surface area contributed by atoms with Gasteiger partial charge in [0.1, 0.15) is 11.4 Å². The average molecular weight is 449 g/mol. The van der Waals surface area contributed by atoms with Gasteiger partial charge in [-0.1, -0.05) is 6.07 Å². The minimum atomic E-state index is -0.486. The van der Waals surface area contributed by atoms with Crippen LogP contribution in [0.1, 0.15) is 64.5 Å². The van der Waals surface area contributed by atoms with Gasteiger partial charge in [0.2, 0.25) is 0 Å². The fraction of sp³-hybridized carbons (Fsp3) is 0.667. The lowest BCUT2D eigenvalue weighted by atomic mass is 9.98. The zero-order chi connectivity index (χ0) is 23.3. The maximum atomic E-state index is 13.9. The van der Waals surface area contributed by atoms with Crippen molar-refractivity contribution in [3.63, 3.8) is 0 Å². The zero-order valence-electron chi connectivity index (χ0n) is 19.9. The summed E-state index contributed by atoms with van der Waals surface area (Å²) in [6, 6.07) is 5.63. The quantitative estimate of drug-likeness (QED) is 0.509. The van der Waals surface area contributed by atoms with Crippen LogP contribution in [0.2, 0.25) is 0 Å². The number of aliphatic imine (C=N–C) groups is 1. The molecule has 0 radical (unpaired) electrons. The molecule has 0 aromatic heterocycles. The van der Waals surface area contributed by atoms with Gasteiger partial charge in [0, 0.05) is 37.3 Å². The Labute approximate surface area is 190 Å². The maximum Gasteiger partial charge on any atom is 0.410 e. The van der Waals surface area contributed by atoms with E-state index in [1.165, 1.54) is 6.07 Å². The molecule has 1 amide bonds. The number of nitrogens with one attached hydrogen (secondary N) is 2. The topological polar surface area (TPSA) is 75.2 Å². The number of piperidine rings is 1. The monoisotopic (exact) mass is 448 g/mol. The summed E-state index contributed by atoms with van der Waals surface area (Å²) < 4.78 is 24.6. The first kappa shape index (κ1) is 24.3. The van der Waals surface area contributed by atoms with Gasteiger partial charge >= 0.3 is 6.09 Å². The molecule has 2 atom stereocenters. The summed E-state index contributed by atoms with van der Waals surface area (Å²) in [7, 11) is 1.55. The van der Waals surface area contributed by atoms with E-state index in [0.29, 0.717) is 12.1 Å². The molecule has 2 aliphatic heterocycles. The summed E-state index contributed by atoms with van der Waals surface area (Å²) in [6.07, 6.45) is 3.55. The van der Waals surface area contributed by atoms with Crippen molar-refractivity contribution in [1.82, 2.24) is 15.5 Å². The minimum Gasteiger partial charge on any atom is -0.444 e. The van der Waals surface area contributed by atoms with Gasteiger partial charge in [-0.05, 0) is 71.1 Å². The van der Waals surface area contributed by atoms with Crippen molar-refractivity contribution in [2.24, 2.45) is 4.99 Å². The highest BCUT2D eigenvalue weighted by Crippen LogP contribution is 2.36. The van der Waals surface area contributed by atoms with E-state index in [9.17, 15) is 9.18 Å². The number of carbonyl (C=O) groups excluding carboxylic acids is 1. The Morgan fingerprint density at radius 2 is 1.94 bits per heavy atom. The van der Waals surface area contributed by atoms with Crippen molar-refractivity contribution < 1.29 is 18.7 Å². The zero-order valence-corrected chi connectivity index (χ0v) is 19.9. The van der Waals surface area contributed by atoms with Crippen molar-refractivity contribution in [3.05, 3.63) is 35.1 Å². The number of rotatable bonds is 6. The lowest BCUT2D eigenvalue weighted by molar-refractivity contribution is 0.00545. The van der Waals surface area contributed by atoms with Gasteiger partial charge in [0.25, 0.3) is 0 Å². The number of hydrogen-bond acceptors (Lipinski definition) is 4. The highest BCUT2D eigenvalue weighted by Gasteiger charge is 2.45. The standard InChI is InChI=1S/C24H37FN4O3/c1-6-26-22(27-14-16-7-10-21(25)17(11-16)15-31-5)28-18-12-19-8-9-20(13-18)29(19)23(30)32-24(2,3)4/h7,10-11,18-20H,6,8-9,12-15H2,1-5H3,(H2,26,27,28). The van der Waals surface area contributed by atoms with Crippen LogP contribution >= 0.6 is 0 Å². The Bertz CT molecular complexity index is 810. The Morgan fingerprint density at radius 3 is 2.53 bits per heavy atom. The Kier molecular flexibility index (Phi) is 7.98. The van der Waals surface area contributed by atoms with Crippen LogP contribution in [0.15, 0.2) is 23.2 Å². The molecule has 3 rings (SSSR count). The summed E-state index contributed by atoms with van der Waals surface area (Å²) in [6.45, 7) is 9.16. The SMILES string of the molecule is CCNC(=NCc1ccc(F)c(COC)c1)NC1CC2CCC(C1)N2C(=O)OC(C)(C)C.